The fourth-order valence-corrected chi connectivity index (χ4v) is 3.22. The number of halogens is 2. The summed E-state index contributed by atoms with van der Waals surface area (Å²) < 4.78 is 0. The van der Waals surface area contributed by atoms with Crippen molar-refractivity contribution in [3.05, 3.63) is 63.6 Å². The van der Waals surface area contributed by atoms with Crippen LogP contribution >= 0.6 is 35.0 Å². The van der Waals surface area contributed by atoms with Gasteiger partial charge < -0.3 is 10.6 Å². The average Bonchev–Trinajstić information content (AvgIpc) is 2.62. The second kappa shape index (κ2) is 9.86. The first kappa shape index (κ1) is 20.6. The van der Waals surface area contributed by atoms with Crippen LogP contribution in [0.1, 0.15) is 22.3 Å². The van der Waals surface area contributed by atoms with Crippen molar-refractivity contribution in [1.82, 2.24) is 5.32 Å². The first-order valence-corrected chi connectivity index (χ1v) is 10.2. The lowest BCUT2D eigenvalue weighted by Gasteiger charge is -2.19. The molecule has 138 valence electrons. The zero-order valence-corrected chi connectivity index (χ0v) is 16.8. The molecule has 2 rings (SSSR count). The molecular formula is C19H20Cl2N2O2S. The summed E-state index contributed by atoms with van der Waals surface area (Å²) in [5.74, 6) is 0.0691. The third-order valence-corrected chi connectivity index (χ3v) is 5.26. The van der Waals surface area contributed by atoms with E-state index in [1.807, 2.05) is 13.2 Å². The Morgan fingerprint density at radius 3 is 2.46 bits per heavy atom. The lowest BCUT2D eigenvalue weighted by molar-refractivity contribution is -0.118. The van der Waals surface area contributed by atoms with E-state index in [2.05, 4.69) is 10.6 Å². The fraction of sp³-hybridized carbons (Fsp3) is 0.263. The number of rotatable bonds is 7. The molecule has 0 aromatic heterocycles. The molecule has 4 nitrogen and oxygen atoms in total. The molecule has 0 aliphatic carbocycles. The van der Waals surface area contributed by atoms with Gasteiger partial charge in [-0.3, -0.25) is 9.59 Å². The predicted octanol–water partition coefficient (Wildman–Crippen LogP) is 4.79. The Hall–Kier alpha value is -1.69. The van der Waals surface area contributed by atoms with E-state index in [9.17, 15) is 9.59 Å². The van der Waals surface area contributed by atoms with Gasteiger partial charge in [0.05, 0.1) is 10.6 Å². The molecule has 2 amide bonds. The molecule has 0 saturated carbocycles. The molecule has 2 N–H and O–H groups in total. The zero-order valence-electron chi connectivity index (χ0n) is 14.5. The molecule has 0 spiro atoms. The molecule has 0 fully saturated rings. The van der Waals surface area contributed by atoms with Crippen molar-refractivity contribution in [2.45, 2.75) is 19.4 Å². The van der Waals surface area contributed by atoms with Gasteiger partial charge in [0.25, 0.3) is 5.91 Å². The maximum Gasteiger partial charge on any atom is 0.253 e. The van der Waals surface area contributed by atoms with E-state index in [1.165, 1.54) is 0 Å². The van der Waals surface area contributed by atoms with Gasteiger partial charge in [-0.05, 0) is 55.2 Å². The summed E-state index contributed by atoms with van der Waals surface area (Å²) in [6, 6.07) is 11.4. The highest BCUT2D eigenvalue weighted by Crippen LogP contribution is 2.23. The number of carbonyl (C=O) groups is 2. The molecule has 0 bridgehead atoms. The minimum atomic E-state index is -0.676. The molecular weight excluding hydrogens is 391 g/mol. The Balaban J connectivity index is 2.15. The third kappa shape index (κ3) is 5.40. The third-order valence-electron chi connectivity index (χ3n) is 3.88. The first-order valence-electron chi connectivity index (χ1n) is 8.04. The minimum absolute atomic E-state index is 0.287. The highest BCUT2D eigenvalue weighted by Gasteiger charge is 2.22. The summed E-state index contributed by atoms with van der Waals surface area (Å²) in [6.45, 7) is 1.83. The number of hydrogen-bond acceptors (Lipinski definition) is 3. The predicted molar refractivity (Wildman–Crippen MR) is 111 cm³/mol. The monoisotopic (exact) mass is 410 g/mol. The summed E-state index contributed by atoms with van der Waals surface area (Å²) >= 11 is 13.8. The van der Waals surface area contributed by atoms with Crippen LogP contribution in [0.3, 0.4) is 0 Å². The maximum absolute atomic E-state index is 12.7. The maximum atomic E-state index is 12.7. The Morgan fingerprint density at radius 2 is 1.77 bits per heavy atom. The molecule has 1 atom stereocenters. The Labute approximate surface area is 167 Å². The van der Waals surface area contributed by atoms with E-state index in [4.69, 9.17) is 23.2 Å². The van der Waals surface area contributed by atoms with Crippen molar-refractivity contribution >= 4 is 52.5 Å². The second-order valence-electron chi connectivity index (χ2n) is 5.69. The van der Waals surface area contributed by atoms with Crippen LogP contribution in [0.25, 0.3) is 0 Å². The number of anilines is 1. The average molecular weight is 411 g/mol. The van der Waals surface area contributed by atoms with Crippen molar-refractivity contribution in [3.63, 3.8) is 0 Å². The van der Waals surface area contributed by atoms with Crippen LogP contribution in [0.4, 0.5) is 5.69 Å². The number of benzene rings is 2. The molecule has 2 aromatic carbocycles. The van der Waals surface area contributed by atoms with Crippen LogP contribution in [-0.2, 0) is 4.79 Å². The van der Waals surface area contributed by atoms with E-state index >= 15 is 0 Å². The van der Waals surface area contributed by atoms with Gasteiger partial charge in [-0.2, -0.15) is 11.8 Å². The van der Waals surface area contributed by atoms with Gasteiger partial charge in [0, 0.05) is 10.7 Å². The first-order chi connectivity index (χ1) is 12.4. The number of thioether (sulfide) groups is 1. The van der Waals surface area contributed by atoms with Gasteiger partial charge >= 0.3 is 0 Å². The standard InChI is InChI=1S/C19H20Cl2N2O2S/c1-12-14(20)8-5-9-16(12)22-19(25)17(10-11-26-2)23-18(24)13-6-3-4-7-15(13)21/h3-9,17H,10-11H2,1-2H3,(H,22,25)(H,23,24). The highest BCUT2D eigenvalue weighted by atomic mass is 35.5. The number of nitrogens with one attached hydrogen (secondary N) is 2. The number of hydrogen-bond donors (Lipinski definition) is 2. The van der Waals surface area contributed by atoms with Gasteiger partial charge in [0.15, 0.2) is 0 Å². The number of amides is 2. The van der Waals surface area contributed by atoms with Crippen molar-refractivity contribution < 1.29 is 9.59 Å². The zero-order chi connectivity index (χ0) is 19.1. The van der Waals surface area contributed by atoms with E-state index in [1.54, 1.807) is 54.2 Å². The van der Waals surface area contributed by atoms with Gasteiger partial charge in [-0.15, -0.1) is 0 Å². The Morgan fingerprint density at radius 1 is 1.08 bits per heavy atom. The van der Waals surface area contributed by atoms with Crippen LogP contribution in [0.5, 0.6) is 0 Å². The molecule has 0 saturated heterocycles. The number of carbonyl (C=O) groups excluding carboxylic acids is 2. The van der Waals surface area contributed by atoms with Gasteiger partial charge in [-0.25, -0.2) is 0 Å². The molecule has 0 aliphatic heterocycles. The fourth-order valence-electron chi connectivity index (χ4n) is 2.35. The molecule has 0 radical (unpaired) electrons. The molecule has 26 heavy (non-hydrogen) atoms. The second-order valence-corrected chi connectivity index (χ2v) is 7.49. The van der Waals surface area contributed by atoms with E-state index in [0.717, 1.165) is 11.3 Å². The molecule has 7 heteroatoms. The summed E-state index contributed by atoms with van der Waals surface area (Å²) in [7, 11) is 0. The van der Waals surface area contributed by atoms with E-state index in [0.29, 0.717) is 27.7 Å². The van der Waals surface area contributed by atoms with E-state index in [-0.39, 0.29) is 11.8 Å². The minimum Gasteiger partial charge on any atom is -0.340 e. The van der Waals surface area contributed by atoms with Gasteiger partial charge in [0.1, 0.15) is 6.04 Å². The summed E-state index contributed by atoms with van der Waals surface area (Å²) in [6.07, 6.45) is 2.45. The lowest BCUT2D eigenvalue weighted by atomic mass is 10.1. The summed E-state index contributed by atoms with van der Waals surface area (Å²) in [5, 5.41) is 6.55. The van der Waals surface area contributed by atoms with Gasteiger partial charge in [-0.1, -0.05) is 41.4 Å². The van der Waals surface area contributed by atoms with E-state index < -0.39 is 6.04 Å². The van der Waals surface area contributed by atoms with Gasteiger partial charge in [0.2, 0.25) is 5.91 Å². The largest absolute Gasteiger partial charge is 0.340 e. The SMILES string of the molecule is CSCCC(NC(=O)c1ccccc1Cl)C(=O)Nc1cccc(Cl)c1C. The quantitative estimate of drug-likeness (QED) is 0.689. The lowest BCUT2D eigenvalue weighted by Crippen LogP contribution is -2.44. The molecule has 1 unspecified atom stereocenters. The van der Waals surface area contributed by atoms with Crippen LogP contribution in [-0.4, -0.2) is 29.9 Å². The van der Waals surface area contributed by atoms with Crippen molar-refractivity contribution in [1.29, 1.82) is 0 Å². The Bertz CT molecular complexity index is 799. The smallest absolute Gasteiger partial charge is 0.253 e. The van der Waals surface area contributed by atoms with Crippen LogP contribution < -0.4 is 10.6 Å². The van der Waals surface area contributed by atoms with Crippen LogP contribution in [0.2, 0.25) is 10.0 Å². The van der Waals surface area contributed by atoms with Crippen LogP contribution in [0.15, 0.2) is 42.5 Å². The van der Waals surface area contributed by atoms with Crippen molar-refractivity contribution in [2.75, 3.05) is 17.3 Å². The van der Waals surface area contributed by atoms with Crippen molar-refractivity contribution in [3.8, 4) is 0 Å². The molecule has 2 aromatic rings. The molecule has 0 aliphatic rings. The van der Waals surface area contributed by atoms with Crippen LogP contribution in [0, 0.1) is 6.92 Å². The summed E-state index contributed by atoms with van der Waals surface area (Å²) in [5.41, 5.74) is 1.75. The Kier molecular flexibility index (Phi) is 7.82. The molecule has 0 heterocycles. The summed E-state index contributed by atoms with van der Waals surface area (Å²) in [4.78, 5) is 25.2. The highest BCUT2D eigenvalue weighted by molar-refractivity contribution is 7.98. The topological polar surface area (TPSA) is 58.2 Å². The van der Waals surface area contributed by atoms with Crippen molar-refractivity contribution in [2.24, 2.45) is 0 Å². The normalized spacial score (nSPS) is 11.7.